The molecular weight excluding hydrogens is 1110 g/mol. The van der Waals surface area contributed by atoms with Gasteiger partial charge in [-0.3, -0.25) is 0 Å². The van der Waals surface area contributed by atoms with E-state index in [0.29, 0.717) is 0 Å². The maximum Gasteiger partial charge on any atom is 1.00 e. The smallest absolute Gasteiger partial charge is 0.544 e. The van der Waals surface area contributed by atoms with Gasteiger partial charge >= 0.3 is 59.1 Å². The zero-order valence-electron chi connectivity index (χ0n) is 43.7. The van der Waals surface area contributed by atoms with E-state index in [-0.39, 0.29) is 141 Å². The Bertz CT molecular complexity index is 3130. The van der Waals surface area contributed by atoms with Gasteiger partial charge in [-0.15, -0.1) is 13.1 Å². The summed E-state index contributed by atoms with van der Waals surface area (Å²) in [5.41, 5.74) is 5.33. The van der Waals surface area contributed by atoms with Crippen LogP contribution < -0.4 is 68.6 Å². The maximum atomic E-state index is 13.3. The Labute approximate surface area is 494 Å². The molecule has 0 bridgehead atoms. The Morgan fingerprint density at radius 1 is 0.316 bits per heavy atom. The van der Waals surface area contributed by atoms with Crippen LogP contribution in [-0.2, 0) is 60.1 Å². The first-order valence-electron chi connectivity index (χ1n) is 22.9. The molecule has 6 aromatic rings. The molecule has 6 aromatic carbocycles. The number of sulfonamides is 6. The second kappa shape index (κ2) is 29.3. The quantitative estimate of drug-likeness (QED) is 0.0794. The fourth-order valence-corrected chi connectivity index (χ4v) is 13.6. The molecule has 0 amide bonds. The third-order valence-corrected chi connectivity index (χ3v) is 20.7. The van der Waals surface area contributed by atoms with Crippen molar-refractivity contribution < 1.29 is 110 Å². The number of hydrogen-bond donors (Lipinski definition) is 2. The molecule has 400 valence electrons. The molecule has 6 rings (SSSR count). The van der Waals surface area contributed by atoms with E-state index in [1.54, 1.807) is 72.8 Å². The van der Waals surface area contributed by atoms with E-state index in [0.717, 1.165) is 42.0 Å². The van der Waals surface area contributed by atoms with Gasteiger partial charge in [-0.05, 0) is 127 Å². The van der Waals surface area contributed by atoms with Gasteiger partial charge in [0.05, 0.1) is 19.6 Å². The molecular formula is C50H60N6Na2O12S6. The largest absolute Gasteiger partial charge is 1.00 e. The van der Waals surface area contributed by atoms with Crippen LogP contribution in [0.5, 0.6) is 0 Å². The van der Waals surface area contributed by atoms with E-state index in [9.17, 15) is 50.5 Å². The van der Waals surface area contributed by atoms with Crippen molar-refractivity contribution in [3.8, 4) is 0 Å². The molecule has 0 radical (unpaired) electrons. The Kier molecular flexibility index (Phi) is 25.9. The Hall–Kier alpha value is -3.22. The molecule has 0 aliphatic carbocycles. The van der Waals surface area contributed by atoms with Crippen LogP contribution in [0.25, 0.3) is 9.44 Å². The molecule has 0 heterocycles. The summed E-state index contributed by atoms with van der Waals surface area (Å²) < 4.78 is 169. The van der Waals surface area contributed by atoms with Crippen LogP contribution >= 0.6 is 0 Å². The molecule has 76 heavy (non-hydrogen) atoms. The first-order chi connectivity index (χ1) is 34.6. The predicted octanol–water partition coefficient (Wildman–Crippen LogP) is 0.695. The summed E-state index contributed by atoms with van der Waals surface area (Å²) in [5, 5.41) is 0. The van der Waals surface area contributed by atoms with Gasteiger partial charge in [0.25, 0.3) is 0 Å². The van der Waals surface area contributed by atoms with Gasteiger partial charge in [-0.1, -0.05) is 106 Å². The molecule has 0 saturated carbocycles. The van der Waals surface area contributed by atoms with E-state index >= 15 is 0 Å². The van der Waals surface area contributed by atoms with E-state index in [1.165, 1.54) is 72.8 Å². The summed E-state index contributed by atoms with van der Waals surface area (Å²) in [6.45, 7) is 8.93. The number of hydrogen-bond acceptors (Lipinski definition) is 12. The first kappa shape index (κ1) is 67.1. The molecule has 0 atom stereocenters. The summed E-state index contributed by atoms with van der Waals surface area (Å²) in [7, 11) is -23.8. The van der Waals surface area contributed by atoms with Crippen LogP contribution in [0.1, 0.15) is 33.4 Å². The molecule has 0 aliphatic rings. The summed E-state index contributed by atoms with van der Waals surface area (Å²) in [4.78, 5) is 0.172. The first-order valence-corrected chi connectivity index (χ1v) is 31.6. The van der Waals surface area contributed by atoms with Crippen molar-refractivity contribution in [3.63, 3.8) is 0 Å². The van der Waals surface area contributed by atoms with E-state index in [1.807, 2.05) is 41.5 Å². The minimum Gasteiger partial charge on any atom is -0.544 e. The molecule has 0 aromatic heterocycles. The van der Waals surface area contributed by atoms with Crippen molar-refractivity contribution in [1.82, 2.24) is 18.1 Å². The van der Waals surface area contributed by atoms with Crippen molar-refractivity contribution in [3.05, 3.63) is 188 Å². The van der Waals surface area contributed by atoms with Crippen LogP contribution in [0.4, 0.5) is 0 Å². The number of nitrogens with one attached hydrogen (secondary N) is 2. The minimum atomic E-state index is -4.05. The zero-order valence-corrected chi connectivity index (χ0v) is 52.5. The SMILES string of the molecule is Cc1ccc(S(=O)(=O)[N-]CCN(CCNS(=O)(=O)c2ccc(C)cc2)S(=O)(=O)c2ccc(C)cc2)cc1.Cc1ccc(S(=O)(=O)[N-]CCN(CCNS(=O)(=O)c2ccc(C)cc2)S(=O)(=O)c2ccc(C)cc2)cc1.[Na+].[Na+]. The topological polar surface area (TPSA) is 264 Å². The van der Waals surface area contributed by atoms with Gasteiger partial charge in [0.15, 0.2) is 0 Å². The fourth-order valence-electron chi connectivity index (χ4n) is 6.75. The molecule has 0 aliphatic heterocycles. The molecule has 18 nitrogen and oxygen atoms in total. The number of benzene rings is 6. The predicted molar refractivity (Wildman–Crippen MR) is 286 cm³/mol. The third kappa shape index (κ3) is 19.5. The number of rotatable bonds is 24. The van der Waals surface area contributed by atoms with Crippen molar-refractivity contribution in [2.24, 2.45) is 0 Å². The summed E-state index contributed by atoms with van der Waals surface area (Å²) in [5.74, 6) is 0. The number of aryl methyl sites for hydroxylation is 6. The molecule has 0 fully saturated rings. The Morgan fingerprint density at radius 2 is 0.526 bits per heavy atom. The molecule has 0 unspecified atom stereocenters. The second-order valence-corrected chi connectivity index (χ2v) is 27.9. The van der Waals surface area contributed by atoms with Crippen molar-refractivity contribution in [2.45, 2.75) is 70.9 Å². The summed E-state index contributed by atoms with van der Waals surface area (Å²) in [6.07, 6.45) is 0. The van der Waals surface area contributed by atoms with Crippen molar-refractivity contribution >= 4 is 60.1 Å². The van der Waals surface area contributed by atoms with Crippen molar-refractivity contribution in [2.75, 3.05) is 52.4 Å². The van der Waals surface area contributed by atoms with Crippen LogP contribution in [0.3, 0.4) is 0 Å². The number of nitrogens with zero attached hydrogens (tertiary/aromatic N) is 4. The van der Waals surface area contributed by atoms with Gasteiger partial charge in [0.1, 0.15) is 20.0 Å². The van der Waals surface area contributed by atoms with Gasteiger partial charge in [-0.2, -0.15) is 8.61 Å². The Morgan fingerprint density at radius 3 is 0.763 bits per heavy atom. The Balaban J connectivity index is 0.000000390. The van der Waals surface area contributed by atoms with Gasteiger partial charge < -0.3 is 9.44 Å². The zero-order chi connectivity index (χ0) is 54.5. The van der Waals surface area contributed by atoms with Gasteiger partial charge in [0, 0.05) is 36.0 Å². The average Bonchev–Trinajstić information content (AvgIpc) is 3.34. The van der Waals surface area contributed by atoms with E-state index in [4.69, 9.17) is 0 Å². The minimum absolute atomic E-state index is 0. The third-order valence-electron chi connectivity index (χ3n) is 11.1. The van der Waals surface area contributed by atoms with Crippen LogP contribution in [0.15, 0.2) is 175 Å². The van der Waals surface area contributed by atoms with Crippen LogP contribution in [0, 0.1) is 41.5 Å². The van der Waals surface area contributed by atoms with Gasteiger partial charge in [0.2, 0.25) is 40.1 Å². The van der Waals surface area contributed by atoms with E-state index < -0.39 is 60.1 Å². The summed E-state index contributed by atoms with van der Waals surface area (Å²) >= 11 is 0. The molecule has 2 N–H and O–H groups in total. The monoisotopic (exact) mass is 1170 g/mol. The van der Waals surface area contributed by atoms with E-state index in [2.05, 4.69) is 18.9 Å². The normalized spacial score (nSPS) is 12.3. The molecule has 0 spiro atoms. The van der Waals surface area contributed by atoms with Crippen molar-refractivity contribution in [1.29, 1.82) is 0 Å². The van der Waals surface area contributed by atoms with Crippen LogP contribution in [0.2, 0.25) is 0 Å². The maximum absolute atomic E-state index is 13.3. The second-order valence-electron chi connectivity index (χ2n) is 17.1. The average molecular weight is 1180 g/mol. The standard InChI is InChI=1S/2C25H30N3O6S3.2Na/c2*1-20-4-10-23(11-5-20)35(29,30)26-16-18-28(37(33,34)25-14-8-22(3)9-15-25)19-17-27-36(31,32)24-12-6-21(2)7-13-24;;/h2*4-15,26H,16-19H2,1-3H3;;/q2*-1;2*+1. The molecule has 0 saturated heterocycles. The van der Waals surface area contributed by atoms with Crippen LogP contribution in [-0.4, -0.2) is 111 Å². The van der Waals surface area contributed by atoms with Gasteiger partial charge in [-0.25, -0.2) is 60.0 Å². The fraction of sp³-hybridized carbons (Fsp3) is 0.280. The summed E-state index contributed by atoms with van der Waals surface area (Å²) in [6, 6.07) is 37.3. The molecule has 26 heteroatoms.